The summed E-state index contributed by atoms with van der Waals surface area (Å²) in [6, 6.07) is 8.12. The highest BCUT2D eigenvalue weighted by atomic mass is 35.5. The SMILES string of the molecule is O=C(CCC1CCCC1)N1CCSC(c2ccccc2Cl)CC1. The molecule has 2 fully saturated rings. The number of thioether (sulfide) groups is 1. The fourth-order valence-electron chi connectivity index (χ4n) is 3.79. The van der Waals surface area contributed by atoms with E-state index in [0.29, 0.717) is 11.2 Å². The number of amides is 1. The first-order valence-electron chi connectivity index (χ1n) is 8.88. The molecule has 0 N–H and O–H groups in total. The summed E-state index contributed by atoms with van der Waals surface area (Å²) in [5, 5.41) is 1.27. The van der Waals surface area contributed by atoms with Gasteiger partial charge < -0.3 is 4.90 Å². The largest absolute Gasteiger partial charge is 0.342 e. The molecule has 23 heavy (non-hydrogen) atoms. The predicted molar refractivity (Wildman–Crippen MR) is 99.0 cm³/mol. The topological polar surface area (TPSA) is 20.3 Å². The maximum absolute atomic E-state index is 12.5. The molecule has 1 aliphatic heterocycles. The lowest BCUT2D eigenvalue weighted by Gasteiger charge is -2.21. The average Bonchev–Trinajstić information content (AvgIpc) is 2.96. The highest BCUT2D eigenvalue weighted by molar-refractivity contribution is 7.99. The van der Waals surface area contributed by atoms with Crippen LogP contribution in [0.4, 0.5) is 0 Å². The van der Waals surface area contributed by atoms with Gasteiger partial charge in [0.2, 0.25) is 5.91 Å². The first-order valence-corrected chi connectivity index (χ1v) is 10.3. The predicted octanol–water partition coefficient (Wildman–Crippen LogP) is 5.32. The summed E-state index contributed by atoms with van der Waals surface area (Å²) in [7, 11) is 0. The van der Waals surface area contributed by atoms with Gasteiger partial charge in [0.05, 0.1) is 0 Å². The van der Waals surface area contributed by atoms with Crippen LogP contribution in [0.25, 0.3) is 0 Å². The molecule has 2 aliphatic rings. The summed E-state index contributed by atoms with van der Waals surface area (Å²) in [5.41, 5.74) is 1.22. The fourth-order valence-corrected chi connectivity index (χ4v) is 5.39. The van der Waals surface area contributed by atoms with Crippen molar-refractivity contribution in [3.8, 4) is 0 Å². The van der Waals surface area contributed by atoms with E-state index in [1.807, 2.05) is 23.9 Å². The van der Waals surface area contributed by atoms with Crippen molar-refractivity contribution in [2.45, 2.75) is 50.2 Å². The number of halogens is 1. The summed E-state index contributed by atoms with van der Waals surface area (Å²) in [6.45, 7) is 1.75. The maximum Gasteiger partial charge on any atom is 0.222 e. The van der Waals surface area contributed by atoms with Crippen LogP contribution in [0.3, 0.4) is 0 Å². The Kier molecular flexibility index (Phi) is 6.29. The molecule has 1 aromatic rings. The van der Waals surface area contributed by atoms with Crippen molar-refractivity contribution in [2.24, 2.45) is 5.92 Å². The molecule has 0 radical (unpaired) electrons. The van der Waals surface area contributed by atoms with Gasteiger partial charge in [-0.05, 0) is 30.4 Å². The van der Waals surface area contributed by atoms with Crippen molar-refractivity contribution in [1.29, 1.82) is 0 Å². The minimum absolute atomic E-state index is 0.359. The standard InChI is InChI=1S/C19H26ClNOS/c20-17-8-4-3-7-16(17)18-11-12-21(13-14-23-18)19(22)10-9-15-5-1-2-6-15/h3-4,7-8,15,18H,1-2,5-6,9-14H2. The monoisotopic (exact) mass is 351 g/mol. The van der Waals surface area contributed by atoms with E-state index in [1.165, 1.54) is 31.2 Å². The molecule has 1 saturated carbocycles. The molecule has 1 atom stereocenters. The molecule has 1 unspecified atom stereocenters. The smallest absolute Gasteiger partial charge is 0.222 e. The van der Waals surface area contributed by atoms with Crippen LogP contribution in [0.5, 0.6) is 0 Å². The van der Waals surface area contributed by atoms with Crippen molar-refractivity contribution < 1.29 is 4.79 Å². The third kappa shape index (κ3) is 4.67. The molecule has 126 valence electrons. The lowest BCUT2D eigenvalue weighted by atomic mass is 10.0. The zero-order valence-electron chi connectivity index (χ0n) is 13.7. The van der Waals surface area contributed by atoms with Crippen molar-refractivity contribution in [1.82, 2.24) is 4.90 Å². The quantitative estimate of drug-likeness (QED) is 0.731. The van der Waals surface area contributed by atoms with E-state index in [2.05, 4.69) is 17.0 Å². The van der Waals surface area contributed by atoms with E-state index < -0.39 is 0 Å². The van der Waals surface area contributed by atoms with Crippen LogP contribution in [-0.2, 0) is 4.79 Å². The first-order chi connectivity index (χ1) is 11.2. The Hall–Kier alpha value is -0.670. The second-order valence-electron chi connectivity index (χ2n) is 6.74. The minimum Gasteiger partial charge on any atom is -0.342 e. The van der Waals surface area contributed by atoms with Gasteiger partial charge in [-0.2, -0.15) is 11.8 Å². The number of rotatable bonds is 4. The number of carbonyl (C=O) groups is 1. The molecule has 0 spiro atoms. The van der Waals surface area contributed by atoms with Gasteiger partial charge in [0.1, 0.15) is 0 Å². The first kappa shape index (κ1) is 17.2. The fraction of sp³-hybridized carbons (Fsp3) is 0.632. The molecule has 0 aromatic heterocycles. The van der Waals surface area contributed by atoms with E-state index in [9.17, 15) is 4.79 Å². The van der Waals surface area contributed by atoms with Gasteiger partial charge in [-0.15, -0.1) is 0 Å². The third-order valence-electron chi connectivity index (χ3n) is 5.19. The van der Waals surface area contributed by atoms with E-state index in [-0.39, 0.29) is 0 Å². The van der Waals surface area contributed by atoms with Crippen LogP contribution < -0.4 is 0 Å². The van der Waals surface area contributed by atoms with Crippen LogP contribution in [0.2, 0.25) is 5.02 Å². The molecule has 3 rings (SSSR count). The summed E-state index contributed by atoms with van der Waals surface area (Å²) >= 11 is 8.28. The molecule has 1 heterocycles. The molecule has 1 amide bonds. The summed E-state index contributed by atoms with van der Waals surface area (Å²) in [4.78, 5) is 14.6. The number of nitrogens with zero attached hydrogens (tertiary/aromatic N) is 1. The third-order valence-corrected chi connectivity index (χ3v) is 6.84. The molecular weight excluding hydrogens is 326 g/mol. The van der Waals surface area contributed by atoms with Gasteiger partial charge in [0.25, 0.3) is 0 Å². The number of hydrogen-bond acceptors (Lipinski definition) is 2. The van der Waals surface area contributed by atoms with E-state index in [4.69, 9.17) is 11.6 Å². The Balaban J connectivity index is 1.51. The molecule has 1 aliphatic carbocycles. The van der Waals surface area contributed by atoms with Crippen molar-refractivity contribution in [3.05, 3.63) is 34.9 Å². The highest BCUT2D eigenvalue weighted by Crippen LogP contribution is 2.38. The van der Waals surface area contributed by atoms with Gasteiger partial charge in [-0.3, -0.25) is 4.79 Å². The van der Waals surface area contributed by atoms with Gasteiger partial charge in [0.15, 0.2) is 0 Å². The summed E-state index contributed by atoms with van der Waals surface area (Å²) in [6.07, 6.45) is 8.22. The number of hydrogen-bond donors (Lipinski definition) is 0. The Morgan fingerprint density at radius 2 is 1.96 bits per heavy atom. The lowest BCUT2D eigenvalue weighted by molar-refractivity contribution is -0.131. The van der Waals surface area contributed by atoms with Gasteiger partial charge in [-0.25, -0.2) is 0 Å². The van der Waals surface area contributed by atoms with Crippen LogP contribution in [-0.4, -0.2) is 29.6 Å². The van der Waals surface area contributed by atoms with Gasteiger partial charge in [0, 0.05) is 35.5 Å². The Morgan fingerprint density at radius 3 is 2.74 bits per heavy atom. The molecule has 4 heteroatoms. The van der Waals surface area contributed by atoms with Crippen molar-refractivity contribution in [3.63, 3.8) is 0 Å². The highest BCUT2D eigenvalue weighted by Gasteiger charge is 2.24. The molecule has 2 nitrogen and oxygen atoms in total. The number of carbonyl (C=O) groups excluding carboxylic acids is 1. The number of benzene rings is 1. The van der Waals surface area contributed by atoms with Crippen molar-refractivity contribution >= 4 is 29.3 Å². The second-order valence-corrected chi connectivity index (χ2v) is 8.46. The van der Waals surface area contributed by atoms with Crippen LogP contribution in [0.15, 0.2) is 24.3 Å². The zero-order valence-corrected chi connectivity index (χ0v) is 15.2. The maximum atomic E-state index is 12.5. The Morgan fingerprint density at radius 1 is 1.17 bits per heavy atom. The molecule has 1 aromatic carbocycles. The van der Waals surface area contributed by atoms with Crippen LogP contribution in [0.1, 0.15) is 55.8 Å². The minimum atomic E-state index is 0.359. The summed E-state index contributed by atoms with van der Waals surface area (Å²) in [5.74, 6) is 2.17. The average molecular weight is 352 g/mol. The second kappa shape index (κ2) is 8.43. The van der Waals surface area contributed by atoms with Crippen LogP contribution >= 0.6 is 23.4 Å². The zero-order chi connectivity index (χ0) is 16.1. The van der Waals surface area contributed by atoms with E-state index in [0.717, 1.165) is 49.0 Å². The van der Waals surface area contributed by atoms with E-state index in [1.54, 1.807) is 0 Å². The molecule has 0 bridgehead atoms. The van der Waals surface area contributed by atoms with Gasteiger partial charge >= 0.3 is 0 Å². The van der Waals surface area contributed by atoms with Crippen molar-refractivity contribution in [2.75, 3.05) is 18.8 Å². The Labute approximate surface area is 149 Å². The van der Waals surface area contributed by atoms with E-state index >= 15 is 0 Å². The lowest BCUT2D eigenvalue weighted by Crippen LogP contribution is -2.33. The molecule has 1 saturated heterocycles. The normalized spacial score (nSPS) is 23.0. The van der Waals surface area contributed by atoms with Crippen LogP contribution in [0, 0.1) is 5.92 Å². The summed E-state index contributed by atoms with van der Waals surface area (Å²) < 4.78 is 0. The van der Waals surface area contributed by atoms with Gasteiger partial charge in [-0.1, -0.05) is 55.5 Å². The molecular formula is C19H26ClNOS. The Bertz CT molecular complexity index is 530.